The van der Waals surface area contributed by atoms with Crippen molar-refractivity contribution >= 4 is 11.9 Å². The highest BCUT2D eigenvalue weighted by Crippen LogP contribution is 2.21. The van der Waals surface area contributed by atoms with Crippen molar-refractivity contribution in [3.8, 4) is 11.5 Å². The lowest BCUT2D eigenvalue weighted by Crippen LogP contribution is -2.03. The van der Waals surface area contributed by atoms with Crippen LogP contribution < -0.4 is 5.43 Å². The second-order valence-electron chi connectivity index (χ2n) is 3.92. The minimum atomic E-state index is 0.137. The van der Waals surface area contributed by atoms with Crippen LogP contribution in [-0.4, -0.2) is 16.4 Å². The van der Waals surface area contributed by atoms with Gasteiger partial charge in [0.2, 0.25) is 0 Å². The highest BCUT2D eigenvalue weighted by molar-refractivity contribution is 5.83. The monoisotopic (exact) mass is 254 g/mol. The number of phenols is 2. The molecular formula is C15H14N2O2. The van der Waals surface area contributed by atoms with Gasteiger partial charge in [-0.2, -0.15) is 5.10 Å². The third kappa shape index (κ3) is 3.13. The van der Waals surface area contributed by atoms with Crippen LogP contribution in [0.15, 0.2) is 60.2 Å². The quantitative estimate of drug-likeness (QED) is 0.580. The summed E-state index contributed by atoms with van der Waals surface area (Å²) in [6.45, 7) is 3.79. The summed E-state index contributed by atoms with van der Waals surface area (Å²) in [6.07, 6.45) is 1.49. The van der Waals surface area contributed by atoms with E-state index in [0.717, 1.165) is 0 Å². The van der Waals surface area contributed by atoms with Crippen LogP contribution >= 0.6 is 0 Å². The summed E-state index contributed by atoms with van der Waals surface area (Å²) in [4.78, 5) is 0. The van der Waals surface area contributed by atoms with Gasteiger partial charge in [0, 0.05) is 11.1 Å². The molecule has 2 aromatic carbocycles. The molecular weight excluding hydrogens is 240 g/mol. The van der Waals surface area contributed by atoms with Crippen molar-refractivity contribution in [2.24, 2.45) is 5.10 Å². The van der Waals surface area contributed by atoms with Gasteiger partial charge in [0.15, 0.2) is 0 Å². The largest absolute Gasteiger partial charge is 0.507 e. The standard InChI is InChI=1S/C15H14N2O2/c1-11(13-7-3-5-9-15(13)19)17-16-10-12-6-2-4-8-14(12)18/h2-10,17-19H,1H2/b16-10+. The molecule has 0 unspecified atom stereocenters. The number of rotatable bonds is 4. The zero-order chi connectivity index (χ0) is 13.7. The number of hydrogen-bond donors (Lipinski definition) is 3. The summed E-state index contributed by atoms with van der Waals surface area (Å²) in [7, 11) is 0. The Morgan fingerprint density at radius 1 is 1.00 bits per heavy atom. The van der Waals surface area contributed by atoms with Gasteiger partial charge in [-0.3, -0.25) is 5.43 Å². The van der Waals surface area contributed by atoms with Crippen LogP contribution in [-0.2, 0) is 0 Å². The lowest BCUT2D eigenvalue weighted by molar-refractivity contribution is 0.472. The van der Waals surface area contributed by atoms with E-state index in [-0.39, 0.29) is 11.5 Å². The second kappa shape index (κ2) is 5.73. The molecule has 0 aromatic heterocycles. The number of hydrogen-bond acceptors (Lipinski definition) is 4. The Bertz CT molecular complexity index is 621. The molecule has 0 aliphatic heterocycles. The fourth-order valence-electron chi connectivity index (χ4n) is 1.57. The number of phenolic OH excluding ortho intramolecular Hbond substituents is 2. The Morgan fingerprint density at radius 2 is 1.63 bits per heavy atom. The molecule has 0 heterocycles. The van der Waals surface area contributed by atoms with E-state index in [1.54, 1.807) is 48.5 Å². The van der Waals surface area contributed by atoms with Crippen LogP contribution in [0.1, 0.15) is 11.1 Å². The molecule has 2 aromatic rings. The van der Waals surface area contributed by atoms with Crippen LogP contribution in [0.3, 0.4) is 0 Å². The zero-order valence-corrected chi connectivity index (χ0v) is 10.2. The molecule has 4 heteroatoms. The Hall–Kier alpha value is -2.75. The fourth-order valence-corrected chi connectivity index (χ4v) is 1.57. The molecule has 2 rings (SSSR count). The van der Waals surface area contributed by atoms with Gasteiger partial charge in [-0.15, -0.1) is 0 Å². The summed E-state index contributed by atoms with van der Waals surface area (Å²) >= 11 is 0. The summed E-state index contributed by atoms with van der Waals surface area (Å²) in [5, 5.41) is 23.2. The van der Waals surface area contributed by atoms with Crippen molar-refractivity contribution in [3.63, 3.8) is 0 Å². The summed E-state index contributed by atoms with van der Waals surface area (Å²) in [5.41, 5.74) is 4.37. The highest BCUT2D eigenvalue weighted by Gasteiger charge is 2.02. The Balaban J connectivity index is 2.06. The Labute approximate surface area is 111 Å². The van der Waals surface area contributed by atoms with E-state index in [4.69, 9.17) is 0 Å². The first-order valence-electron chi connectivity index (χ1n) is 5.73. The van der Waals surface area contributed by atoms with Crippen LogP contribution in [0.25, 0.3) is 5.70 Å². The van der Waals surface area contributed by atoms with Crippen molar-refractivity contribution in [1.82, 2.24) is 5.43 Å². The average Bonchev–Trinajstić information content (AvgIpc) is 2.41. The molecule has 0 saturated heterocycles. The maximum absolute atomic E-state index is 9.65. The van der Waals surface area contributed by atoms with Gasteiger partial charge in [0.1, 0.15) is 11.5 Å². The second-order valence-corrected chi connectivity index (χ2v) is 3.92. The lowest BCUT2D eigenvalue weighted by Gasteiger charge is -2.06. The van der Waals surface area contributed by atoms with Crippen molar-refractivity contribution in [3.05, 3.63) is 66.2 Å². The number of nitrogens with one attached hydrogen (secondary N) is 1. The van der Waals surface area contributed by atoms with E-state index in [9.17, 15) is 10.2 Å². The number of benzene rings is 2. The minimum Gasteiger partial charge on any atom is -0.507 e. The topological polar surface area (TPSA) is 64.9 Å². The first-order chi connectivity index (χ1) is 9.18. The van der Waals surface area contributed by atoms with Crippen molar-refractivity contribution in [1.29, 1.82) is 0 Å². The van der Waals surface area contributed by atoms with Gasteiger partial charge in [-0.25, -0.2) is 0 Å². The van der Waals surface area contributed by atoms with Gasteiger partial charge in [-0.1, -0.05) is 30.8 Å². The van der Waals surface area contributed by atoms with E-state index >= 15 is 0 Å². The molecule has 0 aliphatic rings. The predicted octanol–water partition coefficient (Wildman–Crippen LogP) is 2.69. The molecule has 19 heavy (non-hydrogen) atoms. The van der Waals surface area contributed by atoms with Crippen LogP contribution in [0.4, 0.5) is 0 Å². The third-order valence-corrected chi connectivity index (χ3v) is 2.57. The van der Waals surface area contributed by atoms with E-state index in [0.29, 0.717) is 16.8 Å². The molecule has 3 N–H and O–H groups in total. The van der Waals surface area contributed by atoms with Gasteiger partial charge >= 0.3 is 0 Å². The van der Waals surface area contributed by atoms with Crippen molar-refractivity contribution in [2.45, 2.75) is 0 Å². The summed E-state index contributed by atoms with van der Waals surface area (Å²) in [5.74, 6) is 0.291. The van der Waals surface area contributed by atoms with E-state index in [1.807, 2.05) is 0 Å². The molecule has 0 saturated carbocycles. The Morgan fingerprint density at radius 3 is 2.32 bits per heavy atom. The maximum atomic E-state index is 9.65. The van der Waals surface area contributed by atoms with Gasteiger partial charge < -0.3 is 10.2 Å². The van der Waals surface area contributed by atoms with Crippen LogP contribution in [0.2, 0.25) is 0 Å². The normalized spacial score (nSPS) is 10.5. The summed E-state index contributed by atoms with van der Waals surface area (Å²) in [6, 6.07) is 13.7. The van der Waals surface area contributed by atoms with E-state index in [1.165, 1.54) is 6.21 Å². The molecule has 4 nitrogen and oxygen atoms in total. The number of aromatic hydroxyl groups is 2. The predicted molar refractivity (Wildman–Crippen MR) is 76.0 cm³/mol. The molecule has 0 spiro atoms. The molecule has 96 valence electrons. The maximum Gasteiger partial charge on any atom is 0.124 e. The lowest BCUT2D eigenvalue weighted by atomic mass is 10.1. The number of para-hydroxylation sites is 2. The minimum absolute atomic E-state index is 0.137. The van der Waals surface area contributed by atoms with E-state index in [2.05, 4.69) is 17.1 Å². The van der Waals surface area contributed by atoms with Crippen molar-refractivity contribution in [2.75, 3.05) is 0 Å². The summed E-state index contributed by atoms with van der Waals surface area (Å²) < 4.78 is 0. The molecule has 0 bridgehead atoms. The Kier molecular flexibility index (Phi) is 3.83. The van der Waals surface area contributed by atoms with Crippen molar-refractivity contribution < 1.29 is 10.2 Å². The molecule has 0 atom stereocenters. The van der Waals surface area contributed by atoms with Gasteiger partial charge in [0.25, 0.3) is 0 Å². The number of nitrogens with zero attached hydrogens (tertiary/aromatic N) is 1. The first-order valence-corrected chi connectivity index (χ1v) is 5.73. The molecule has 0 fully saturated rings. The molecule has 0 radical (unpaired) electrons. The first kappa shape index (κ1) is 12.7. The van der Waals surface area contributed by atoms with Gasteiger partial charge in [0.05, 0.1) is 11.9 Å². The van der Waals surface area contributed by atoms with Crippen LogP contribution in [0, 0.1) is 0 Å². The SMILES string of the molecule is C=C(N/N=C/c1ccccc1O)c1ccccc1O. The third-order valence-electron chi connectivity index (χ3n) is 2.57. The molecule has 0 amide bonds. The fraction of sp³-hybridized carbons (Fsp3) is 0. The van der Waals surface area contributed by atoms with E-state index < -0.39 is 0 Å². The zero-order valence-electron chi connectivity index (χ0n) is 10.2. The smallest absolute Gasteiger partial charge is 0.124 e. The average molecular weight is 254 g/mol. The molecule has 0 aliphatic carbocycles. The van der Waals surface area contributed by atoms with Gasteiger partial charge in [-0.05, 0) is 24.3 Å². The highest BCUT2D eigenvalue weighted by atomic mass is 16.3. The van der Waals surface area contributed by atoms with Crippen LogP contribution in [0.5, 0.6) is 11.5 Å². The number of hydrazone groups is 1.